The van der Waals surface area contributed by atoms with Gasteiger partial charge in [-0.15, -0.1) is 0 Å². The smallest absolute Gasteiger partial charge is 0.0465 e. The van der Waals surface area contributed by atoms with Crippen LogP contribution in [-0.4, -0.2) is 0 Å². The second-order valence-corrected chi connectivity index (χ2v) is 17.3. The maximum atomic E-state index is 2.41. The fraction of sp³-hybridized carbons (Fsp3) is 0.0492. The first-order valence-electron chi connectivity index (χ1n) is 21.7. The van der Waals surface area contributed by atoms with Gasteiger partial charge in [0.25, 0.3) is 0 Å². The van der Waals surface area contributed by atoms with E-state index in [2.05, 4.69) is 243 Å². The SMILES string of the molecule is CC1(C)c2ccccc2-c2ccc(N(c3ccc(-c4ccccc4)cc3)c3ccc(-c4ccc5c6ccc(-c7ccc8ccccc8c7)cc6c6ccccc6c5c4)cc3)cc21. The van der Waals surface area contributed by atoms with Crippen LogP contribution >= 0.6 is 0 Å². The minimum atomic E-state index is -0.0975. The molecule has 0 radical (unpaired) electrons. The van der Waals surface area contributed by atoms with E-state index in [4.69, 9.17) is 0 Å². The van der Waals surface area contributed by atoms with Gasteiger partial charge in [0, 0.05) is 22.5 Å². The Hall–Kier alpha value is -7.74. The van der Waals surface area contributed by atoms with E-state index in [1.165, 1.54) is 98.7 Å². The summed E-state index contributed by atoms with van der Waals surface area (Å²) in [6.45, 7) is 4.71. The number of anilines is 3. The zero-order valence-electron chi connectivity index (χ0n) is 34.8. The summed E-state index contributed by atoms with van der Waals surface area (Å²) in [6, 6.07) is 82.9. The van der Waals surface area contributed by atoms with Gasteiger partial charge in [-0.1, -0.05) is 184 Å². The lowest BCUT2D eigenvalue weighted by Gasteiger charge is -2.28. The maximum Gasteiger partial charge on any atom is 0.0465 e. The van der Waals surface area contributed by atoms with Gasteiger partial charge >= 0.3 is 0 Å². The third kappa shape index (κ3) is 5.85. The van der Waals surface area contributed by atoms with Crippen molar-refractivity contribution >= 4 is 60.2 Å². The molecule has 0 fully saturated rings. The van der Waals surface area contributed by atoms with Gasteiger partial charge in [-0.2, -0.15) is 0 Å². The van der Waals surface area contributed by atoms with Gasteiger partial charge in [-0.25, -0.2) is 0 Å². The maximum absolute atomic E-state index is 2.41. The number of nitrogens with zero attached hydrogens (tertiary/aromatic N) is 1. The van der Waals surface area contributed by atoms with Gasteiger partial charge in [0.1, 0.15) is 0 Å². The summed E-state index contributed by atoms with van der Waals surface area (Å²) in [5, 5.41) is 10.2. The third-order valence-electron chi connectivity index (χ3n) is 13.4. The molecule has 0 bridgehead atoms. The quantitative estimate of drug-likeness (QED) is 0.152. The molecule has 0 atom stereocenters. The highest BCUT2D eigenvalue weighted by Gasteiger charge is 2.35. The Morgan fingerprint density at radius 1 is 0.274 bits per heavy atom. The molecule has 11 aromatic carbocycles. The summed E-state index contributed by atoms with van der Waals surface area (Å²) < 4.78 is 0. The second-order valence-electron chi connectivity index (χ2n) is 17.3. The summed E-state index contributed by atoms with van der Waals surface area (Å²) >= 11 is 0. The van der Waals surface area contributed by atoms with Crippen LogP contribution in [0.1, 0.15) is 25.0 Å². The van der Waals surface area contributed by atoms with E-state index < -0.39 is 0 Å². The van der Waals surface area contributed by atoms with Gasteiger partial charge in [0.15, 0.2) is 0 Å². The average molecular weight is 790 g/mol. The monoisotopic (exact) mass is 789 g/mol. The molecule has 12 rings (SSSR count). The molecular weight excluding hydrogens is 747 g/mol. The van der Waals surface area contributed by atoms with Gasteiger partial charge in [-0.3, -0.25) is 0 Å². The van der Waals surface area contributed by atoms with E-state index in [9.17, 15) is 0 Å². The van der Waals surface area contributed by atoms with Crippen LogP contribution in [0.25, 0.3) is 87.6 Å². The first-order chi connectivity index (χ1) is 30.5. The van der Waals surface area contributed by atoms with E-state index in [0.29, 0.717) is 0 Å². The Kier molecular flexibility index (Phi) is 8.27. The van der Waals surface area contributed by atoms with Crippen molar-refractivity contribution in [3.63, 3.8) is 0 Å². The van der Waals surface area contributed by atoms with E-state index in [1.807, 2.05) is 0 Å². The zero-order valence-corrected chi connectivity index (χ0v) is 34.8. The van der Waals surface area contributed by atoms with Crippen molar-refractivity contribution in [3.8, 4) is 44.5 Å². The highest BCUT2D eigenvalue weighted by molar-refractivity contribution is 6.26. The van der Waals surface area contributed by atoms with Crippen LogP contribution in [0.2, 0.25) is 0 Å². The molecule has 11 aromatic rings. The number of hydrogen-bond acceptors (Lipinski definition) is 1. The molecule has 62 heavy (non-hydrogen) atoms. The van der Waals surface area contributed by atoms with Crippen LogP contribution < -0.4 is 4.90 Å². The average Bonchev–Trinajstić information content (AvgIpc) is 3.57. The lowest BCUT2D eigenvalue weighted by Crippen LogP contribution is -2.16. The Morgan fingerprint density at radius 2 is 0.726 bits per heavy atom. The molecule has 0 unspecified atom stereocenters. The summed E-state index contributed by atoms with van der Waals surface area (Å²) in [5.41, 5.74) is 16.0. The van der Waals surface area contributed by atoms with Crippen molar-refractivity contribution < 1.29 is 0 Å². The lowest BCUT2D eigenvalue weighted by molar-refractivity contribution is 0.660. The van der Waals surface area contributed by atoms with Crippen molar-refractivity contribution in [2.24, 2.45) is 0 Å². The minimum Gasteiger partial charge on any atom is -0.310 e. The number of rotatable bonds is 6. The van der Waals surface area contributed by atoms with Crippen molar-refractivity contribution in [1.82, 2.24) is 0 Å². The van der Waals surface area contributed by atoms with E-state index in [0.717, 1.165) is 17.1 Å². The van der Waals surface area contributed by atoms with Crippen LogP contribution in [0, 0.1) is 0 Å². The molecule has 0 N–H and O–H groups in total. The lowest BCUT2D eigenvalue weighted by atomic mass is 9.82. The second kappa shape index (κ2) is 14.2. The van der Waals surface area contributed by atoms with Crippen molar-refractivity contribution in [2.75, 3.05) is 4.90 Å². The third-order valence-corrected chi connectivity index (χ3v) is 13.4. The summed E-state index contributed by atoms with van der Waals surface area (Å²) in [6.07, 6.45) is 0. The van der Waals surface area contributed by atoms with Crippen LogP contribution in [-0.2, 0) is 5.41 Å². The molecule has 0 saturated heterocycles. The molecule has 0 spiro atoms. The molecule has 1 aliphatic rings. The molecule has 0 heterocycles. The highest BCUT2D eigenvalue weighted by Crippen LogP contribution is 2.51. The van der Waals surface area contributed by atoms with Crippen LogP contribution in [0.5, 0.6) is 0 Å². The Bertz CT molecular complexity index is 3500. The normalized spacial score (nSPS) is 12.8. The number of benzene rings is 11. The van der Waals surface area contributed by atoms with Gasteiger partial charge < -0.3 is 4.90 Å². The fourth-order valence-electron chi connectivity index (χ4n) is 10.2. The number of hydrogen-bond donors (Lipinski definition) is 0. The van der Waals surface area contributed by atoms with Gasteiger partial charge in [0.2, 0.25) is 0 Å². The highest BCUT2D eigenvalue weighted by atomic mass is 15.1. The molecule has 292 valence electrons. The Labute approximate surface area is 362 Å². The molecular formula is C61H43N. The van der Waals surface area contributed by atoms with E-state index in [-0.39, 0.29) is 5.41 Å². The minimum absolute atomic E-state index is 0.0975. The summed E-state index contributed by atoms with van der Waals surface area (Å²) in [7, 11) is 0. The molecule has 1 nitrogen and oxygen atoms in total. The first kappa shape index (κ1) is 36.1. The van der Waals surface area contributed by atoms with Crippen LogP contribution in [0.3, 0.4) is 0 Å². The van der Waals surface area contributed by atoms with Crippen molar-refractivity contribution in [3.05, 3.63) is 236 Å². The topological polar surface area (TPSA) is 3.24 Å². The van der Waals surface area contributed by atoms with Gasteiger partial charge in [-0.05, 0) is 153 Å². The molecule has 1 heteroatoms. The van der Waals surface area contributed by atoms with Crippen LogP contribution in [0.4, 0.5) is 17.1 Å². The summed E-state index contributed by atoms with van der Waals surface area (Å²) in [5.74, 6) is 0. The largest absolute Gasteiger partial charge is 0.310 e. The van der Waals surface area contributed by atoms with Crippen molar-refractivity contribution in [1.29, 1.82) is 0 Å². The molecule has 1 aliphatic carbocycles. The predicted octanol–water partition coefficient (Wildman–Crippen LogP) is 17.1. The molecule has 0 aliphatic heterocycles. The van der Waals surface area contributed by atoms with Crippen molar-refractivity contribution in [2.45, 2.75) is 19.3 Å². The molecule has 0 amide bonds. The molecule has 0 saturated carbocycles. The Morgan fingerprint density at radius 3 is 1.40 bits per heavy atom. The predicted molar refractivity (Wildman–Crippen MR) is 265 cm³/mol. The van der Waals surface area contributed by atoms with Crippen LogP contribution in [0.15, 0.2) is 224 Å². The van der Waals surface area contributed by atoms with Gasteiger partial charge in [0.05, 0.1) is 0 Å². The number of fused-ring (bicyclic) bond motifs is 10. The Balaban J connectivity index is 0.942. The summed E-state index contributed by atoms with van der Waals surface area (Å²) in [4.78, 5) is 2.41. The first-order valence-corrected chi connectivity index (χ1v) is 21.7. The fourth-order valence-corrected chi connectivity index (χ4v) is 10.2. The van der Waals surface area contributed by atoms with E-state index >= 15 is 0 Å². The molecule has 0 aromatic heterocycles. The standard InChI is InChI=1S/C61H43N/c1-61(2)59-19-11-10-18-55(59)56-35-32-50(39-60(56)61)62(48-28-22-42(23-29-48)40-12-4-3-5-13-40)49-30-24-43(25-31-49)46-26-33-53-54-34-27-47(45-21-20-41-14-6-7-15-44(41)36-45)38-58(54)52-17-9-8-16-51(52)57(53)37-46/h3-39H,1-2H3. The zero-order chi connectivity index (χ0) is 41.4. The van der Waals surface area contributed by atoms with E-state index in [1.54, 1.807) is 0 Å².